The Hall–Kier alpha value is -1.80. The smallest absolute Gasteiger partial charge is 0.0669 e. The Kier molecular flexibility index (Phi) is 4.26. The minimum atomic E-state index is 0.403. The van der Waals surface area contributed by atoms with Crippen LogP contribution < -0.4 is 10.2 Å². The number of hydrogen-bond acceptors (Lipinski definition) is 2. The second-order valence-electron chi connectivity index (χ2n) is 5.74. The molecule has 2 aliphatic rings. The maximum absolute atomic E-state index is 3.92. The highest BCUT2D eigenvalue weighted by Gasteiger charge is 2.30. The second kappa shape index (κ2) is 6.31. The summed E-state index contributed by atoms with van der Waals surface area (Å²) in [5.74, 6) is 0. The first kappa shape index (κ1) is 14.2. The number of hydrogen-bond donors (Lipinski definition) is 1. The Labute approximate surface area is 127 Å². The van der Waals surface area contributed by atoms with Crippen LogP contribution >= 0.6 is 0 Å². The van der Waals surface area contributed by atoms with Crippen LogP contribution in [-0.2, 0) is 6.42 Å². The molecule has 110 valence electrons. The summed E-state index contributed by atoms with van der Waals surface area (Å²) in [4.78, 5) is 2.58. The molecule has 0 saturated carbocycles. The molecule has 1 N–H and O–H groups in total. The first-order chi connectivity index (χ1) is 10.3. The van der Waals surface area contributed by atoms with E-state index in [4.69, 9.17) is 0 Å². The Morgan fingerprint density at radius 3 is 3.00 bits per heavy atom. The third-order valence-corrected chi connectivity index (χ3v) is 4.52. The average Bonchev–Trinajstić information content (AvgIpc) is 2.81. The summed E-state index contributed by atoms with van der Waals surface area (Å²) in [7, 11) is 0. The van der Waals surface area contributed by atoms with Crippen molar-refractivity contribution < 1.29 is 0 Å². The molecule has 1 aromatic carbocycles. The molecule has 2 heteroatoms. The predicted octanol–water partition coefficient (Wildman–Crippen LogP) is 3.47. The number of fused-ring (bicyclic) bond motifs is 3. The summed E-state index contributed by atoms with van der Waals surface area (Å²) in [6.07, 6.45) is 8.60. The number of nitrogens with zero attached hydrogens (tertiary/aromatic N) is 1. The molecular weight excluding hydrogens is 256 g/mol. The van der Waals surface area contributed by atoms with Gasteiger partial charge < -0.3 is 10.2 Å². The van der Waals surface area contributed by atoms with Crippen LogP contribution in [0.2, 0.25) is 0 Å². The molecule has 21 heavy (non-hydrogen) atoms. The fourth-order valence-corrected chi connectivity index (χ4v) is 3.52. The number of para-hydroxylation sites is 1. The zero-order valence-corrected chi connectivity index (χ0v) is 12.8. The average molecular weight is 280 g/mol. The maximum Gasteiger partial charge on any atom is 0.0669 e. The van der Waals surface area contributed by atoms with Crippen molar-refractivity contribution in [3.8, 4) is 0 Å². The van der Waals surface area contributed by atoms with Gasteiger partial charge in [-0.15, -0.1) is 0 Å². The van der Waals surface area contributed by atoms with Crippen molar-refractivity contribution in [2.24, 2.45) is 0 Å². The van der Waals surface area contributed by atoms with E-state index in [1.165, 1.54) is 28.8 Å². The van der Waals surface area contributed by atoms with Gasteiger partial charge >= 0.3 is 0 Å². The van der Waals surface area contributed by atoms with E-state index in [2.05, 4.69) is 60.1 Å². The van der Waals surface area contributed by atoms with E-state index in [0.29, 0.717) is 6.04 Å². The van der Waals surface area contributed by atoms with Gasteiger partial charge in [-0.2, -0.15) is 0 Å². The standard InChI is InChI=1S/C19H24N2/c1-3-8-17-15(4-2)13-16-9-5-6-10-18(16)21-12-7-11-20-14-19(17)21/h3-6,8-10,19-20H,1,7,11-14H2,2H3/b15-4-,17-8+. The van der Waals surface area contributed by atoms with Crippen LogP contribution in [0.25, 0.3) is 0 Å². The molecule has 2 heterocycles. The van der Waals surface area contributed by atoms with Gasteiger partial charge in [0.25, 0.3) is 0 Å². The molecular formula is C19H24N2. The molecule has 1 atom stereocenters. The second-order valence-corrected chi connectivity index (χ2v) is 5.74. The highest BCUT2D eigenvalue weighted by molar-refractivity contribution is 5.63. The number of rotatable bonds is 1. The van der Waals surface area contributed by atoms with Crippen molar-refractivity contribution in [3.63, 3.8) is 0 Å². The molecule has 0 aromatic heterocycles. The number of anilines is 1. The molecule has 1 unspecified atom stereocenters. The summed E-state index contributed by atoms with van der Waals surface area (Å²) in [5.41, 5.74) is 5.68. The molecule has 1 fully saturated rings. The Morgan fingerprint density at radius 1 is 1.33 bits per heavy atom. The molecule has 0 radical (unpaired) electrons. The predicted molar refractivity (Wildman–Crippen MR) is 90.8 cm³/mol. The Bertz CT molecular complexity index is 583. The van der Waals surface area contributed by atoms with Gasteiger partial charge in [-0.25, -0.2) is 0 Å². The lowest BCUT2D eigenvalue weighted by atomic mass is 9.94. The lowest BCUT2D eigenvalue weighted by Gasteiger charge is -2.32. The monoisotopic (exact) mass is 280 g/mol. The van der Waals surface area contributed by atoms with Crippen molar-refractivity contribution in [3.05, 3.63) is 65.8 Å². The molecule has 0 bridgehead atoms. The topological polar surface area (TPSA) is 15.3 Å². The molecule has 2 nitrogen and oxygen atoms in total. The minimum Gasteiger partial charge on any atom is -0.363 e. The van der Waals surface area contributed by atoms with Gasteiger partial charge in [0.15, 0.2) is 0 Å². The Morgan fingerprint density at radius 2 is 2.19 bits per heavy atom. The molecule has 3 rings (SSSR count). The van der Waals surface area contributed by atoms with Crippen molar-refractivity contribution >= 4 is 5.69 Å². The third kappa shape index (κ3) is 2.68. The van der Waals surface area contributed by atoms with Gasteiger partial charge in [0.1, 0.15) is 0 Å². The van der Waals surface area contributed by atoms with Crippen LogP contribution in [0.5, 0.6) is 0 Å². The van der Waals surface area contributed by atoms with E-state index in [-0.39, 0.29) is 0 Å². The zero-order valence-electron chi connectivity index (χ0n) is 12.8. The number of allylic oxidation sites excluding steroid dienone is 3. The quantitative estimate of drug-likeness (QED) is 0.847. The SMILES string of the molecule is C=C/C=C1\C(=C/C)Cc2ccccc2N2CCCNCC12. The van der Waals surface area contributed by atoms with Gasteiger partial charge in [0, 0.05) is 18.8 Å². The molecule has 0 aliphatic carbocycles. The van der Waals surface area contributed by atoms with Gasteiger partial charge in [0.2, 0.25) is 0 Å². The van der Waals surface area contributed by atoms with Gasteiger partial charge in [-0.3, -0.25) is 0 Å². The fraction of sp³-hybridized carbons (Fsp3) is 0.368. The van der Waals surface area contributed by atoms with Crippen molar-refractivity contribution in [1.29, 1.82) is 0 Å². The van der Waals surface area contributed by atoms with E-state index in [0.717, 1.165) is 26.1 Å². The highest BCUT2D eigenvalue weighted by Crippen LogP contribution is 2.35. The van der Waals surface area contributed by atoms with E-state index in [1.54, 1.807) is 0 Å². The van der Waals surface area contributed by atoms with Crippen LogP contribution in [0.3, 0.4) is 0 Å². The molecule has 1 saturated heterocycles. The molecule has 0 amide bonds. The van der Waals surface area contributed by atoms with Gasteiger partial charge in [-0.1, -0.05) is 43.0 Å². The number of nitrogens with one attached hydrogen (secondary N) is 1. The van der Waals surface area contributed by atoms with E-state index < -0.39 is 0 Å². The van der Waals surface area contributed by atoms with Gasteiger partial charge in [0.05, 0.1) is 6.04 Å². The van der Waals surface area contributed by atoms with Crippen molar-refractivity contribution in [2.45, 2.75) is 25.8 Å². The van der Waals surface area contributed by atoms with Crippen LogP contribution in [0, 0.1) is 0 Å². The summed E-state index contributed by atoms with van der Waals surface area (Å²) >= 11 is 0. The first-order valence-electron chi connectivity index (χ1n) is 7.88. The zero-order chi connectivity index (χ0) is 14.7. The lowest BCUT2D eigenvalue weighted by molar-refractivity contribution is 0.655. The fourth-order valence-electron chi connectivity index (χ4n) is 3.52. The van der Waals surface area contributed by atoms with E-state index in [9.17, 15) is 0 Å². The maximum atomic E-state index is 3.92. The molecule has 0 spiro atoms. The minimum absolute atomic E-state index is 0.403. The third-order valence-electron chi connectivity index (χ3n) is 4.52. The lowest BCUT2D eigenvalue weighted by Crippen LogP contribution is -2.41. The summed E-state index contributed by atoms with van der Waals surface area (Å²) in [6, 6.07) is 9.26. The van der Waals surface area contributed by atoms with Crippen LogP contribution in [0.4, 0.5) is 5.69 Å². The Balaban J connectivity index is 2.15. The summed E-state index contributed by atoms with van der Waals surface area (Å²) < 4.78 is 0. The highest BCUT2D eigenvalue weighted by atomic mass is 15.2. The van der Waals surface area contributed by atoms with E-state index in [1.807, 2.05) is 6.08 Å². The van der Waals surface area contributed by atoms with E-state index >= 15 is 0 Å². The van der Waals surface area contributed by atoms with Crippen LogP contribution in [0.15, 0.2) is 60.2 Å². The molecule has 1 aromatic rings. The first-order valence-corrected chi connectivity index (χ1v) is 7.88. The van der Waals surface area contributed by atoms with Gasteiger partial charge in [-0.05, 0) is 49.1 Å². The van der Waals surface area contributed by atoms with Crippen LogP contribution in [0.1, 0.15) is 18.9 Å². The van der Waals surface area contributed by atoms with Crippen molar-refractivity contribution in [2.75, 3.05) is 24.5 Å². The number of benzene rings is 1. The summed E-state index contributed by atoms with van der Waals surface area (Å²) in [6.45, 7) is 9.28. The normalized spacial score (nSPS) is 26.0. The van der Waals surface area contributed by atoms with Crippen LogP contribution in [-0.4, -0.2) is 25.7 Å². The largest absolute Gasteiger partial charge is 0.363 e. The van der Waals surface area contributed by atoms with Crippen molar-refractivity contribution in [1.82, 2.24) is 5.32 Å². The molecule has 2 aliphatic heterocycles. The summed E-state index contributed by atoms with van der Waals surface area (Å²) in [5, 5.41) is 3.59.